The molecule has 0 radical (unpaired) electrons. The molecule has 3 aliphatic heterocycles. The Balaban J connectivity index is 1.51. The van der Waals surface area contributed by atoms with Gasteiger partial charge in [-0.1, -0.05) is 0 Å². The Hall–Kier alpha value is -1.38. The fourth-order valence-electron chi connectivity index (χ4n) is 3.67. The van der Waals surface area contributed by atoms with Crippen molar-refractivity contribution in [3.63, 3.8) is 0 Å². The van der Waals surface area contributed by atoms with Gasteiger partial charge in [-0.15, -0.1) is 0 Å². The number of thioether (sulfide) groups is 1. The smallest absolute Gasteiger partial charge is 0.241 e. The van der Waals surface area contributed by atoms with E-state index >= 15 is 0 Å². The minimum absolute atomic E-state index is 0.0871. The molecule has 1 aromatic heterocycles. The monoisotopic (exact) mass is 348 g/mol. The number of hydrogen-bond acceptors (Lipinski definition) is 7. The van der Waals surface area contributed by atoms with E-state index in [4.69, 9.17) is 0 Å². The lowest BCUT2D eigenvalue weighted by molar-refractivity contribution is -0.133. The van der Waals surface area contributed by atoms with Crippen molar-refractivity contribution in [2.24, 2.45) is 0 Å². The van der Waals surface area contributed by atoms with E-state index in [0.29, 0.717) is 0 Å². The quantitative estimate of drug-likeness (QED) is 0.768. The van der Waals surface area contributed by atoms with Gasteiger partial charge in [-0.05, 0) is 12.8 Å². The molecule has 0 bridgehead atoms. The highest BCUT2D eigenvalue weighted by Gasteiger charge is 2.29. The zero-order valence-electron chi connectivity index (χ0n) is 13.8. The molecular weight excluding hydrogens is 324 g/mol. The number of nitrogens with zero attached hydrogens (tertiary/aromatic N) is 4. The van der Waals surface area contributed by atoms with Crippen molar-refractivity contribution in [2.75, 3.05) is 49.1 Å². The van der Waals surface area contributed by atoms with Crippen molar-refractivity contribution >= 4 is 23.5 Å². The molecule has 8 heteroatoms. The molecular formula is C16H24N6OS. The molecule has 0 saturated carbocycles. The van der Waals surface area contributed by atoms with E-state index in [1.54, 1.807) is 6.33 Å². The summed E-state index contributed by atoms with van der Waals surface area (Å²) in [7, 11) is 0. The van der Waals surface area contributed by atoms with Crippen LogP contribution in [0.2, 0.25) is 0 Å². The van der Waals surface area contributed by atoms with Gasteiger partial charge in [0, 0.05) is 56.2 Å². The molecule has 7 nitrogen and oxygen atoms in total. The molecule has 4 rings (SSSR count). The first-order valence-corrected chi connectivity index (χ1v) is 9.91. The van der Waals surface area contributed by atoms with Crippen molar-refractivity contribution in [1.82, 2.24) is 25.7 Å². The number of carbonyl (C=O) groups is 1. The molecule has 1 aromatic rings. The Labute approximate surface area is 146 Å². The van der Waals surface area contributed by atoms with E-state index in [9.17, 15) is 4.79 Å². The van der Waals surface area contributed by atoms with Gasteiger partial charge in [0.25, 0.3) is 0 Å². The fraction of sp³-hybridized carbons (Fsp3) is 0.688. The van der Waals surface area contributed by atoms with Crippen molar-refractivity contribution in [3.8, 4) is 0 Å². The van der Waals surface area contributed by atoms with E-state index < -0.39 is 0 Å². The number of nitrogens with one attached hydrogen (secondary N) is 2. The van der Waals surface area contributed by atoms with Gasteiger partial charge >= 0.3 is 0 Å². The van der Waals surface area contributed by atoms with E-state index in [1.807, 2.05) is 16.7 Å². The summed E-state index contributed by atoms with van der Waals surface area (Å²) in [4.78, 5) is 26.1. The lowest BCUT2D eigenvalue weighted by Gasteiger charge is -2.29. The summed E-state index contributed by atoms with van der Waals surface area (Å²) in [6.45, 7) is 4.46. The minimum Gasteiger partial charge on any atom is -0.355 e. The third-order valence-electron chi connectivity index (χ3n) is 5.02. The summed E-state index contributed by atoms with van der Waals surface area (Å²) in [5.41, 5.74) is 8.49. The highest BCUT2D eigenvalue weighted by molar-refractivity contribution is 7.99. The highest BCUT2D eigenvalue weighted by atomic mass is 32.2. The Kier molecular flexibility index (Phi) is 4.86. The van der Waals surface area contributed by atoms with Gasteiger partial charge in [0.2, 0.25) is 5.91 Å². The fourth-order valence-corrected chi connectivity index (χ4v) is 4.57. The standard InChI is InChI=1S/C16H24N6OS/c23-16(14-1-4-19-20-14)22-5-2-12-13(3-6-22)17-11-18-15(12)21-7-9-24-10-8-21/h11,14,19-20H,1-10H2. The van der Waals surface area contributed by atoms with Crippen LogP contribution >= 0.6 is 11.8 Å². The predicted octanol–water partition coefficient (Wildman–Crippen LogP) is -0.176. The molecule has 2 fully saturated rings. The molecule has 4 heterocycles. The largest absolute Gasteiger partial charge is 0.355 e. The van der Waals surface area contributed by atoms with Gasteiger partial charge in [0.05, 0.1) is 5.69 Å². The Bertz CT molecular complexity index is 600. The van der Waals surface area contributed by atoms with Crippen LogP contribution in [-0.2, 0) is 17.6 Å². The second-order valence-corrected chi connectivity index (χ2v) is 7.68. The lowest BCUT2D eigenvalue weighted by Crippen LogP contribution is -2.46. The van der Waals surface area contributed by atoms with Gasteiger partial charge in [0.15, 0.2) is 0 Å². The van der Waals surface area contributed by atoms with E-state index in [-0.39, 0.29) is 11.9 Å². The molecule has 1 unspecified atom stereocenters. The Morgan fingerprint density at radius 1 is 1.17 bits per heavy atom. The maximum absolute atomic E-state index is 12.7. The molecule has 130 valence electrons. The van der Waals surface area contributed by atoms with Crippen LogP contribution in [0.3, 0.4) is 0 Å². The summed E-state index contributed by atoms with van der Waals surface area (Å²) in [5.74, 6) is 3.61. The predicted molar refractivity (Wildman–Crippen MR) is 95.1 cm³/mol. The molecule has 0 aromatic carbocycles. The number of hydrazine groups is 1. The topological polar surface area (TPSA) is 73.4 Å². The summed E-state index contributed by atoms with van der Waals surface area (Å²) in [6.07, 6.45) is 4.22. The van der Waals surface area contributed by atoms with Crippen LogP contribution < -0.4 is 15.8 Å². The lowest BCUT2D eigenvalue weighted by atomic mass is 10.1. The van der Waals surface area contributed by atoms with Crippen LogP contribution in [0, 0.1) is 0 Å². The first-order chi connectivity index (χ1) is 11.8. The van der Waals surface area contributed by atoms with Gasteiger partial charge in [-0.2, -0.15) is 11.8 Å². The van der Waals surface area contributed by atoms with Crippen LogP contribution in [0.5, 0.6) is 0 Å². The van der Waals surface area contributed by atoms with Crippen LogP contribution in [0.25, 0.3) is 0 Å². The summed E-state index contributed by atoms with van der Waals surface area (Å²) >= 11 is 2.00. The van der Waals surface area contributed by atoms with Crippen LogP contribution in [0.1, 0.15) is 17.7 Å². The van der Waals surface area contributed by atoms with Crippen molar-refractivity contribution < 1.29 is 4.79 Å². The summed E-state index contributed by atoms with van der Waals surface area (Å²) < 4.78 is 0. The Morgan fingerprint density at radius 3 is 2.79 bits per heavy atom. The van der Waals surface area contributed by atoms with Crippen LogP contribution in [-0.4, -0.2) is 71.0 Å². The molecule has 3 aliphatic rings. The molecule has 0 spiro atoms. The molecule has 0 aliphatic carbocycles. The van der Waals surface area contributed by atoms with Crippen molar-refractivity contribution in [1.29, 1.82) is 0 Å². The zero-order chi connectivity index (χ0) is 16.4. The van der Waals surface area contributed by atoms with Gasteiger partial charge < -0.3 is 9.80 Å². The molecule has 24 heavy (non-hydrogen) atoms. The first kappa shape index (κ1) is 16.1. The molecule has 2 N–H and O–H groups in total. The van der Waals surface area contributed by atoms with E-state index in [2.05, 4.69) is 25.7 Å². The number of fused-ring (bicyclic) bond motifs is 1. The number of hydrogen-bond donors (Lipinski definition) is 2. The summed E-state index contributed by atoms with van der Waals surface area (Å²) in [6, 6.07) is -0.0871. The average Bonchev–Trinajstić information content (AvgIpc) is 3.08. The maximum Gasteiger partial charge on any atom is 0.241 e. The van der Waals surface area contributed by atoms with Gasteiger partial charge in [0.1, 0.15) is 18.2 Å². The summed E-state index contributed by atoms with van der Waals surface area (Å²) in [5, 5.41) is 0. The third-order valence-corrected chi connectivity index (χ3v) is 5.96. The normalized spacial score (nSPS) is 24.6. The van der Waals surface area contributed by atoms with E-state index in [1.165, 1.54) is 5.56 Å². The average molecular weight is 348 g/mol. The number of carbonyl (C=O) groups excluding carboxylic acids is 1. The maximum atomic E-state index is 12.7. The van der Waals surface area contributed by atoms with Crippen LogP contribution in [0.4, 0.5) is 5.82 Å². The Morgan fingerprint density at radius 2 is 2.00 bits per heavy atom. The minimum atomic E-state index is -0.0871. The molecule has 2 saturated heterocycles. The number of rotatable bonds is 2. The van der Waals surface area contributed by atoms with Gasteiger partial charge in [-0.3, -0.25) is 10.2 Å². The molecule has 1 amide bonds. The highest BCUT2D eigenvalue weighted by Crippen LogP contribution is 2.26. The number of aromatic nitrogens is 2. The van der Waals surface area contributed by atoms with E-state index in [0.717, 1.165) is 75.0 Å². The molecule has 1 atom stereocenters. The first-order valence-electron chi connectivity index (χ1n) is 8.75. The van der Waals surface area contributed by atoms with Crippen molar-refractivity contribution in [2.45, 2.75) is 25.3 Å². The number of anilines is 1. The third kappa shape index (κ3) is 3.22. The van der Waals surface area contributed by atoms with Crippen molar-refractivity contribution in [3.05, 3.63) is 17.6 Å². The second kappa shape index (κ2) is 7.25. The van der Waals surface area contributed by atoms with Crippen LogP contribution in [0.15, 0.2) is 6.33 Å². The SMILES string of the molecule is O=C(C1CCNN1)N1CCc2ncnc(N3CCSCC3)c2CC1. The second-order valence-electron chi connectivity index (χ2n) is 6.46. The zero-order valence-corrected chi connectivity index (χ0v) is 14.6. The number of amides is 1. The van der Waals surface area contributed by atoms with Gasteiger partial charge in [-0.25, -0.2) is 15.4 Å².